The van der Waals surface area contributed by atoms with Crippen molar-refractivity contribution < 1.29 is 0 Å². The van der Waals surface area contributed by atoms with E-state index in [1.165, 1.54) is 5.56 Å². The molecule has 2 heteroatoms. The van der Waals surface area contributed by atoms with Gasteiger partial charge in [-0.2, -0.15) is 0 Å². The van der Waals surface area contributed by atoms with Crippen LogP contribution in [-0.2, 0) is 6.42 Å². The van der Waals surface area contributed by atoms with Gasteiger partial charge in [-0.05, 0) is 18.9 Å². The summed E-state index contributed by atoms with van der Waals surface area (Å²) in [5.41, 5.74) is 2.90. The van der Waals surface area contributed by atoms with Crippen LogP contribution in [0.3, 0.4) is 0 Å². The second kappa shape index (κ2) is 2.87. The lowest BCUT2D eigenvalue weighted by molar-refractivity contribution is 1.09. The first kappa shape index (κ1) is 7.32. The smallest absolute Gasteiger partial charge is 0.116 e. The minimum absolute atomic E-state index is 0.791. The molecular formula is C8H10BN. The van der Waals surface area contributed by atoms with Crippen LogP contribution in [0.1, 0.15) is 18.2 Å². The molecule has 0 amide bonds. The number of hydrogen-bond acceptors (Lipinski definition) is 1. The Balaban J connectivity index is 3.04. The number of pyridine rings is 1. The fourth-order valence-electron chi connectivity index (χ4n) is 0.789. The number of hydrogen-bond donors (Lipinski definition) is 0. The Labute approximate surface area is 62.9 Å². The van der Waals surface area contributed by atoms with Crippen LogP contribution in [0.2, 0.25) is 0 Å². The lowest BCUT2D eigenvalue weighted by atomic mass is 9.93. The number of nitrogens with zero attached hydrogens (tertiary/aromatic N) is 1. The average molecular weight is 131 g/mol. The molecule has 0 saturated heterocycles. The zero-order chi connectivity index (χ0) is 7.56. The first-order valence-corrected chi connectivity index (χ1v) is 3.45. The first-order chi connectivity index (χ1) is 4.74. The first-order valence-electron chi connectivity index (χ1n) is 3.45. The van der Waals surface area contributed by atoms with Gasteiger partial charge in [0.15, 0.2) is 0 Å². The Morgan fingerprint density at radius 2 is 2.30 bits per heavy atom. The van der Waals surface area contributed by atoms with Crippen molar-refractivity contribution in [3.05, 3.63) is 23.5 Å². The third-order valence-electron chi connectivity index (χ3n) is 1.59. The molecule has 0 N–H and O–H groups in total. The Morgan fingerprint density at radius 1 is 1.60 bits per heavy atom. The molecule has 0 aliphatic carbocycles. The normalized spacial score (nSPS) is 9.80. The SMILES string of the molecule is [B]c1cc(CC)cnc1C. The monoisotopic (exact) mass is 131 g/mol. The Kier molecular flexibility index (Phi) is 2.10. The van der Waals surface area contributed by atoms with Crippen molar-refractivity contribution in [2.24, 2.45) is 0 Å². The minimum Gasteiger partial charge on any atom is -0.262 e. The van der Waals surface area contributed by atoms with Crippen LogP contribution in [0.25, 0.3) is 0 Å². The van der Waals surface area contributed by atoms with Crippen LogP contribution < -0.4 is 5.46 Å². The molecule has 50 valence electrons. The van der Waals surface area contributed by atoms with Crippen LogP contribution in [-0.4, -0.2) is 12.8 Å². The van der Waals surface area contributed by atoms with Crippen LogP contribution in [0.5, 0.6) is 0 Å². The highest BCUT2D eigenvalue weighted by molar-refractivity contribution is 6.33. The van der Waals surface area contributed by atoms with Crippen molar-refractivity contribution in [2.75, 3.05) is 0 Å². The molecule has 0 unspecified atom stereocenters. The largest absolute Gasteiger partial charge is 0.262 e. The molecule has 0 aromatic carbocycles. The highest BCUT2D eigenvalue weighted by Gasteiger charge is 1.93. The van der Waals surface area contributed by atoms with Gasteiger partial charge in [0.25, 0.3) is 0 Å². The van der Waals surface area contributed by atoms with Crippen LogP contribution in [0, 0.1) is 6.92 Å². The van der Waals surface area contributed by atoms with Gasteiger partial charge in [-0.3, -0.25) is 4.98 Å². The molecule has 0 aliphatic heterocycles. The summed E-state index contributed by atoms with van der Waals surface area (Å²) in [6.45, 7) is 4.00. The summed E-state index contributed by atoms with van der Waals surface area (Å²) in [6.07, 6.45) is 2.86. The summed E-state index contributed by atoms with van der Waals surface area (Å²) in [4.78, 5) is 4.12. The van der Waals surface area contributed by atoms with Gasteiger partial charge in [-0.15, -0.1) is 0 Å². The fourth-order valence-corrected chi connectivity index (χ4v) is 0.789. The van der Waals surface area contributed by atoms with E-state index >= 15 is 0 Å². The average Bonchev–Trinajstić information content (AvgIpc) is 1.95. The lowest BCUT2D eigenvalue weighted by Crippen LogP contribution is -2.09. The lowest BCUT2D eigenvalue weighted by Gasteiger charge is -2.00. The topological polar surface area (TPSA) is 12.9 Å². The van der Waals surface area contributed by atoms with E-state index in [2.05, 4.69) is 11.9 Å². The van der Waals surface area contributed by atoms with Crippen molar-refractivity contribution in [3.8, 4) is 0 Å². The van der Waals surface area contributed by atoms with Gasteiger partial charge in [0, 0.05) is 11.9 Å². The second-order valence-electron chi connectivity index (χ2n) is 2.37. The van der Waals surface area contributed by atoms with E-state index < -0.39 is 0 Å². The fraction of sp³-hybridized carbons (Fsp3) is 0.375. The number of aromatic nitrogens is 1. The molecule has 10 heavy (non-hydrogen) atoms. The highest BCUT2D eigenvalue weighted by Crippen LogP contribution is 1.95. The molecular weight excluding hydrogens is 121 g/mol. The Bertz CT molecular complexity index is 233. The molecule has 2 radical (unpaired) electrons. The minimum atomic E-state index is 0.791. The maximum absolute atomic E-state index is 5.63. The summed E-state index contributed by atoms with van der Waals surface area (Å²) in [5, 5.41) is 0. The van der Waals surface area contributed by atoms with E-state index in [-0.39, 0.29) is 0 Å². The van der Waals surface area contributed by atoms with E-state index in [1.54, 1.807) is 0 Å². The Morgan fingerprint density at radius 3 is 2.80 bits per heavy atom. The summed E-state index contributed by atoms with van der Waals surface area (Å²) in [5.74, 6) is 0. The summed E-state index contributed by atoms with van der Waals surface area (Å²) < 4.78 is 0. The quantitative estimate of drug-likeness (QED) is 0.512. The molecule has 0 aliphatic rings. The molecule has 0 bridgehead atoms. The predicted molar refractivity (Wildman–Crippen MR) is 43.7 cm³/mol. The van der Waals surface area contributed by atoms with Gasteiger partial charge in [0.05, 0.1) is 0 Å². The maximum atomic E-state index is 5.63. The zero-order valence-corrected chi connectivity index (χ0v) is 6.39. The molecule has 1 nitrogen and oxygen atoms in total. The van der Waals surface area contributed by atoms with Crippen molar-refractivity contribution in [3.63, 3.8) is 0 Å². The van der Waals surface area contributed by atoms with Gasteiger partial charge >= 0.3 is 0 Å². The molecule has 0 atom stereocenters. The van der Waals surface area contributed by atoms with Gasteiger partial charge in [0.1, 0.15) is 7.85 Å². The standard InChI is InChI=1S/C8H10BN/c1-3-7-4-8(9)6(2)10-5-7/h4-5H,3H2,1-2H3. The van der Waals surface area contributed by atoms with Crippen molar-refractivity contribution in [1.82, 2.24) is 4.98 Å². The molecule has 1 aromatic rings. The highest BCUT2D eigenvalue weighted by atomic mass is 14.7. The van der Waals surface area contributed by atoms with E-state index in [4.69, 9.17) is 7.85 Å². The van der Waals surface area contributed by atoms with Crippen LogP contribution in [0.4, 0.5) is 0 Å². The van der Waals surface area contributed by atoms with Crippen LogP contribution >= 0.6 is 0 Å². The van der Waals surface area contributed by atoms with E-state index in [0.717, 1.165) is 17.6 Å². The molecule has 1 heterocycles. The third kappa shape index (κ3) is 1.38. The second-order valence-corrected chi connectivity index (χ2v) is 2.37. The summed E-state index contributed by atoms with van der Waals surface area (Å²) >= 11 is 0. The van der Waals surface area contributed by atoms with E-state index in [1.807, 2.05) is 19.2 Å². The summed E-state index contributed by atoms with van der Waals surface area (Å²) in [6, 6.07) is 1.97. The molecule has 1 rings (SSSR count). The van der Waals surface area contributed by atoms with Gasteiger partial charge in [-0.25, -0.2) is 0 Å². The molecule has 0 spiro atoms. The third-order valence-corrected chi connectivity index (χ3v) is 1.59. The van der Waals surface area contributed by atoms with Crippen molar-refractivity contribution >= 4 is 13.3 Å². The predicted octanol–water partition coefficient (Wildman–Crippen LogP) is 0.746. The number of aryl methyl sites for hydroxylation is 2. The summed E-state index contributed by atoms with van der Waals surface area (Å²) in [7, 11) is 5.63. The van der Waals surface area contributed by atoms with E-state index in [9.17, 15) is 0 Å². The Hall–Kier alpha value is -0.785. The molecule has 0 saturated carbocycles. The molecule has 1 aromatic heterocycles. The zero-order valence-electron chi connectivity index (χ0n) is 6.39. The maximum Gasteiger partial charge on any atom is 0.116 e. The van der Waals surface area contributed by atoms with E-state index in [0.29, 0.717) is 0 Å². The molecule has 0 fully saturated rings. The van der Waals surface area contributed by atoms with Gasteiger partial charge < -0.3 is 0 Å². The van der Waals surface area contributed by atoms with Crippen molar-refractivity contribution in [1.29, 1.82) is 0 Å². The van der Waals surface area contributed by atoms with Gasteiger partial charge in [0.2, 0.25) is 0 Å². The van der Waals surface area contributed by atoms with Crippen molar-refractivity contribution in [2.45, 2.75) is 20.3 Å². The van der Waals surface area contributed by atoms with Crippen LogP contribution in [0.15, 0.2) is 12.3 Å². The number of rotatable bonds is 1. The van der Waals surface area contributed by atoms with Gasteiger partial charge in [-0.1, -0.05) is 18.5 Å².